The summed E-state index contributed by atoms with van der Waals surface area (Å²) in [6, 6.07) is 10.6. The van der Waals surface area contributed by atoms with Crippen LogP contribution in [0, 0.1) is 5.82 Å². The van der Waals surface area contributed by atoms with Gasteiger partial charge in [-0.15, -0.1) is 0 Å². The number of nitrogens with one attached hydrogen (secondary N) is 2. The Labute approximate surface area is 207 Å². The van der Waals surface area contributed by atoms with Gasteiger partial charge in [0.1, 0.15) is 24.9 Å². The Morgan fingerprint density at radius 3 is 2.66 bits per heavy atom. The highest BCUT2D eigenvalue weighted by molar-refractivity contribution is 6.30. The smallest absolute Gasteiger partial charge is 0.246 e. The summed E-state index contributed by atoms with van der Waals surface area (Å²) < 4.78 is 14.5. The molecule has 1 aromatic heterocycles. The van der Waals surface area contributed by atoms with Crippen LogP contribution in [0.4, 0.5) is 4.39 Å². The maximum atomic E-state index is 14.5. The lowest BCUT2D eigenvalue weighted by Crippen LogP contribution is -2.64. The number of aromatic amines is 1. The molecule has 7 nitrogen and oxygen atoms in total. The quantitative estimate of drug-likeness (QED) is 0.581. The number of para-hydroxylation sites is 1. The van der Waals surface area contributed by atoms with Crippen LogP contribution < -0.4 is 5.32 Å². The van der Waals surface area contributed by atoms with Crippen molar-refractivity contribution in [3.05, 3.63) is 70.1 Å². The molecule has 0 saturated carbocycles. The molecule has 2 aromatic carbocycles. The third-order valence-corrected chi connectivity index (χ3v) is 6.76. The second kappa shape index (κ2) is 8.37. The van der Waals surface area contributed by atoms with Gasteiger partial charge in [-0.2, -0.15) is 0 Å². The number of carbonyl (C=O) groups is 3. The maximum absolute atomic E-state index is 14.5. The average molecular weight is 497 g/mol. The molecule has 2 N–H and O–H groups in total. The van der Waals surface area contributed by atoms with E-state index in [-0.39, 0.29) is 35.8 Å². The van der Waals surface area contributed by atoms with Crippen LogP contribution >= 0.6 is 11.6 Å². The van der Waals surface area contributed by atoms with Gasteiger partial charge in [0.05, 0.1) is 11.1 Å². The third-order valence-electron chi connectivity index (χ3n) is 6.45. The highest BCUT2D eigenvalue weighted by Gasteiger charge is 2.48. The van der Waals surface area contributed by atoms with Crippen LogP contribution in [0.2, 0.25) is 5.02 Å². The minimum Gasteiger partial charge on any atom is -0.356 e. The first-order chi connectivity index (χ1) is 16.5. The molecule has 9 heteroatoms. The topological polar surface area (TPSA) is 85.5 Å². The number of nitrogens with zero attached hydrogens (tertiary/aromatic N) is 2. The molecule has 182 valence electrons. The molecule has 3 aromatic rings. The van der Waals surface area contributed by atoms with Crippen molar-refractivity contribution in [1.82, 2.24) is 20.1 Å². The van der Waals surface area contributed by atoms with Gasteiger partial charge in [0.2, 0.25) is 17.7 Å². The summed E-state index contributed by atoms with van der Waals surface area (Å²) in [7, 11) is 0. The SMILES string of the molecule is CC(C)(C)NC(=O)CN1CC(=O)N2[C@H](c3ccc(Cl)c(F)c3)c3[nH]c4ccccc4c3C[C@H]2C1=O. The third kappa shape index (κ3) is 4.16. The Morgan fingerprint density at radius 1 is 1.20 bits per heavy atom. The molecular weight excluding hydrogens is 471 g/mol. The normalized spacial score (nSPS) is 20.1. The van der Waals surface area contributed by atoms with Gasteiger partial charge in [0.25, 0.3) is 0 Å². The summed E-state index contributed by atoms with van der Waals surface area (Å²) in [5.74, 6) is -1.53. The molecular formula is C26H26ClFN4O3. The minimum atomic E-state index is -0.811. The predicted octanol–water partition coefficient (Wildman–Crippen LogP) is 3.56. The fourth-order valence-corrected chi connectivity index (χ4v) is 5.23. The molecule has 1 saturated heterocycles. The Bertz CT molecular complexity index is 1360. The van der Waals surface area contributed by atoms with Gasteiger partial charge in [-0.25, -0.2) is 4.39 Å². The van der Waals surface area contributed by atoms with Gasteiger partial charge in [0, 0.05) is 28.6 Å². The molecule has 0 bridgehead atoms. The molecule has 0 radical (unpaired) electrons. The number of amides is 3. The second-order valence-electron chi connectivity index (χ2n) is 10.2. The van der Waals surface area contributed by atoms with E-state index in [1.54, 1.807) is 6.07 Å². The van der Waals surface area contributed by atoms with Crippen LogP contribution in [0.15, 0.2) is 42.5 Å². The van der Waals surface area contributed by atoms with E-state index in [1.807, 2.05) is 45.0 Å². The van der Waals surface area contributed by atoms with Crippen molar-refractivity contribution in [3.63, 3.8) is 0 Å². The lowest BCUT2D eigenvalue weighted by molar-refractivity contribution is -0.159. The van der Waals surface area contributed by atoms with Crippen LogP contribution in [0.25, 0.3) is 10.9 Å². The summed E-state index contributed by atoms with van der Waals surface area (Å²) in [4.78, 5) is 45.9. The molecule has 0 unspecified atom stereocenters. The highest BCUT2D eigenvalue weighted by atomic mass is 35.5. The first kappa shape index (κ1) is 23.4. The molecule has 0 spiro atoms. The molecule has 1 fully saturated rings. The first-order valence-corrected chi connectivity index (χ1v) is 11.9. The maximum Gasteiger partial charge on any atom is 0.246 e. The lowest BCUT2D eigenvalue weighted by Gasteiger charge is -2.47. The summed E-state index contributed by atoms with van der Waals surface area (Å²) in [5, 5.41) is 3.77. The molecule has 2 aliphatic rings. The van der Waals surface area contributed by atoms with E-state index in [0.29, 0.717) is 12.0 Å². The monoisotopic (exact) mass is 496 g/mol. The fraction of sp³-hybridized carbons (Fsp3) is 0.346. The zero-order valence-electron chi connectivity index (χ0n) is 19.7. The van der Waals surface area contributed by atoms with E-state index >= 15 is 0 Å². The Balaban J connectivity index is 1.58. The summed E-state index contributed by atoms with van der Waals surface area (Å²) in [6.07, 6.45) is 0.299. The minimum absolute atomic E-state index is 0.0185. The van der Waals surface area contributed by atoms with Gasteiger partial charge in [-0.3, -0.25) is 14.4 Å². The van der Waals surface area contributed by atoms with Gasteiger partial charge in [0.15, 0.2) is 0 Å². The number of benzene rings is 2. The summed E-state index contributed by atoms with van der Waals surface area (Å²) >= 11 is 5.92. The second-order valence-corrected chi connectivity index (χ2v) is 10.6. The molecule has 2 aliphatic heterocycles. The van der Waals surface area contributed by atoms with Gasteiger partial charge in [-0.05, 0) is 50.1 Å². The number of H-pyrrole nitrogens is 1. The number of carbonyl (C=O) groups excluding carboxylic acids is 3. The number of piperazine rings is 1. The largest absolute Gasteiger partial charge is 0.356 e. The van der Waals surface area contributed by atoms with Crippen LogP contribution in [0.1, 0.15) is 43.6 Å². The van der Waals surface area contributed by atoms with Crippen molar-refractivity contribution in [2.45, 2.75) is 44.8 Å². The van der Waals surface area contributed by atoms with Crippen molar-refractivity contribution in [2.75, 3.05) is 13.1 Å². The van der Waals surface area contributed by atoms with Crippen molar-refractivity contribution in [1.29, 1.82) is 0 Å². The molecule has 35 heavy (non-hydrogen) atoms. The lowest BCUT2D eigenvalue weighted by atomic mass is 9.86. The van der Waals surface area contributed by atoms with Crippen LogP contribution in [0.3, 0.4) is 0 Å². The molecule has 2 atom stereocenters. The molecule has 3 amide bonds. The first-order valence-electron chi connectivity index (χ1n) is 11.5. The predicted molar refractivity (Wildman–Crippen MR) is 130 cm³/mol. The van der Waals surface area contributed by atoms with Crippen molar-refractivity contribution >= 4 is 40.2 Å². The van der Waals surface area contributed by atoms with Gasteiger partial charge in [-0.1, -0.05) is 35.9 Å². The summed E-state index contributed by atoms with van der Waals surface area (Å²) in [5.41, 5.74) is 2.59. The number of fused-ring (bicyclic) bond motifs is 4. The number of rotatable bonds is 3. The van der Waals surface area contributed by atoms with E-state index in [1.165, 1.54) is 21.9 Å². The zero-order valence-corrected chi connectivity index (χ0v) is 20.4. The zero-order chi connectivity index (χ0) is 25.1. The van der Waals surface area contributed by atoms with Crippen LogP contribution in [0.5, 0.6) is 0 Å². The standard InChI is InChI=1S/C26H26ClFN4O3/c1-26(2,3)30-21(33)12-31-13-22(34)32-20(25(31)35)11-16-15-6-4-5-7-19(15)29-23(16)24(32)14-8-9-17(27)18(28)10-14/h4-10,20,24,29H,11-13H2,1-3H3,(H,30,33)/t20-,24+/m0/s1. The van der Waals surface area contributed by atoms with Crippen molar-refractivity contribution < 1.29 is 18.8 Å². The van der Waals surface area contributed by atoms with Crippen LogP contribution in [-0.4, -0.2) is 57.2 Å². The van der Waals surface area contributed by atoms with Gasteiger partial charge < -0.3 is 20.1 Å². The highest BCUT2D eigenvalue weighted by Crippen LogP contribution is 2.43. The fourth-order valence-electron chi connectivity index (χ4n) is 5.12. The van der Waals surface area contributed by atoms with E-state index in [0.717, 1.165) is 22.2 Å². The molecule has 3 heterocycles. The molecule has 0 aliphatic carbocycles. The number of halogens is 2. The number of hydrogen-bond acceptors (Lipinski definition) is 3. The van der Waals surface area contributed by atoms with E-state index < -0.39 is 23.4 Å². The van der Waals surface area contributed by atoms with E-state index in [9.17, 15) is 18.8 Å². The van der Waals surface area contributed by atoms with E-state index in [2.05, 4.69) is 10.3 Å². The average Bonchev–Trinajstić information content (AvgIpc) is 3.15. The van der Waals surface area contributed by atoms with Crippen LogP contribution in [-0.2, 0) is 20.8 Å². The summed E-state index contributed by atoms with van der Waals surface area (Å²) in [6.45, 7) is 5.13. The Morgan fingerprint density at radius 2 is 1.94 bits per heavy atom. The number of aromatic nitrogens is 1. The molecule has 5 rings (SSSR count). The Hall–Kier alpha value is -3.39. The van der Waals surface area contributed by atoms with Crippen molar-refractivity contribution in [3.8, 4) is 0 Å². The number of hydrogen-bond donors (Lipinski definition) is 2. The Kier molecular flexibility index (Phi) is 5.59. The van der Waals surface area contributed by atoms with Gasteiger partial charge >= 0.3 is 0 Å². The van der Waals surface area contributed by atoms with Crippen molar-refractivity contribution in [2.24, 2.45) is 0 Å². The van der Waals surface area contributed by atoms with E-state index in [4.69, 9.17) is 11.6 Å².